The average molecular weight is 399 g/mol. The van der Waals surface area contributed by atoms with Crippen molar-refractivity contribution in [2.24, 2.45) is 13.0 Å². The molecule has 1 saturated heterocycles. The quantitative estimate of drug-likeness (QED) is 0.837. The molecule has 2 aromatic rings. The smallest absolute Gasteiger partial charge is 0.407 e. The molecular weight excluding hydrogens is 368 g/mol. The Bertz CT molecular complexity index is 873. The molecule has 0 spiro atoms. The van der Waals surface area contributed by atoms with Gasteiger partial charge in [-0.1, -0.05) is 43.7 Å². The summed E-state index contributed by atoms with van der Waals surface area (Å²) >= 11 is 0. The molecule has 0 aliphatic carbocycles. The van der Waals surface area contributed by atoms with Crippen LogP contribution in [0.15, 0.2) is 30.5 Å². The largest absolute Gasteiger partial charge is 0.453 e. The molecule has 3 rings (SSSR count). The van der Waals surface area contributed by atoms with E-state index in [-0.39, 0.29) is 17.9 Å². The monoisotopic (exact) mass is 398 g/mol. The predicted molar refractivity (Wildman–Crippen MR) is 111 cm³/mol. The van der Waals surface area contributed by atoms with Crippen molar-refractivity contribution in [3.8, 4) is 11.3 Å². The zero-order valence-electron chi connectivity index (χ0n) is 17.8. The number of benzene rings is 1. The van der Waals surface area contributed by atoms with Crippen molar-refractivity contribution in [3.05, 3.63) is 41.9 Å². The van der Waals surface area contributed by atoms with Gasteiger partial charge in [0.15, 0.2) is 0 Å². The molecule has 1 fully saturated rings. The molecule has 0 bridgehead atoms. The SMILES string of the molecule is COC(=O)NC(C(=O)N1CCCC1c1ncc(-c2ccc(C)cc2)n1C)C(C)C. The summed E-state index contributed by atoms with van der Waals surface area (Å²) in [6.07, 6.45) is 3.04. The van der Waals surface area contributed by atoms with Crippen LogP contribution < -0.4 is 5.32 Å². The normalized spacial score (nSPS) is 17.4. The molecule has 2 atom stereocenters. The number of aromatic nitrogens is 2. The van der Waals surface area contributed by atoms with E-state index >= 15 is 0 Å². The summed E-state index contributed by atoms with van der Waals surface area (Å²) in [5.74, 6) is 0.729. The molecule has 1 N–H and O–H groups in total. The summed E-state index contributed by atoms with van der Waals surface area (Å²) in [4.78, 5) is 31.5. The molecule has 1 aromatic carbocycles. The van der Waals surface area contributed by atoms with Crippen LogP contribution >= 0.6 is 0 Å². The molecule has 1 aromatic heterocycles. The minimum Gasteiger partial charge on any atom is -0.453 e. The summed E-state index contributed by atoms with van der Waals surface area (Å²) in [6, 6.07) is 7.61. The minimum atomic E-state index is -0.625. The molecule has 7 nitrogen and oxygen atoms in total. The van der Waals surface area contributed by atoms with E-state index in [1.54, 1.807) is 0 Å². The number of amides is 2. The van der Waals surface area contributed by atoms with Crippen molar-refractivity contribution in [2.45, 2.75) is 45.7 Å². The van der Waals surface area contributed by atoms with Gasteiger partial charge in [0.1, 0.15) is 11.9 Å². The van der Waals surface area contributed by atoms with E-state index in [0.29, 0.717) is 6.54 Å². The third-order valence-corrected chi connectivity index (χ3v) is 5.60. The molecule has 29 heavy (non-hydrogen) atoms. The summed E-state index contributed by atoms with van der Waals surface area (Å²) in [5.41, 5.74) is 3.33. The van der Waals surface area contributed by atoms with Gasteiger partial charge in [-0.25, -0.2) is 9.78 Å². The highest BCUT2D eigenvalue weighted by Gasteiger charge is 2.38. The van der Waals surface area contributed by atoms with Crippen LogP contribution in [0.4, 0.5) is 4.79 Å². The number of methoxy groups -OCH3 is 1. The van der Waals surface area contributed by atoms with Crippen LogP contribution in [-0.4, -0.2) is 46.1 Å². The maximum atomic E-state index is 13.3. The fraction of sp³-hybridized carbons (Fsp3) is 0.500. The Kier molecular flexibility index (Phi) is 6.25. The van der Waals surface area contributed by atoms with Crippen molar-refractivity contribution in [2.75, 3.05) is 13.7 Å². The van der Waals surface area contributed by atoms with E-state index in [4.69, 9.17) is 4.74 Å². The fourth-order valence-electron chi connectivity index (χ4n) is 3.90. The predicted octanol–water partition coefficient (Wildman–Crippen LogP) is 3.44. The van der Waals surface area contributed by atoms with Gasteiger partial charge in [0.25, 0.3) is 0 Å². The van der Waals surface area contributed by atoms with E-state index in [1.165, 1.54) is 12.7 Å². The molecule has 1 aliphatic rings. The third kappa shape index (κ3) is 4.28. The van der Waals surface area contributed by atoms with Crippen molar-refractivity contribution >= 4 is 12.0 Å². The van der Waals surface area contributed by atoms with E-state index in [0.717, 1.165) is 29.9 Å². The van der Waals surface area contributed by atoms with Gasteiger partial charge in [0.2, 0.25) is 5.91 Å². The van der Waals surface area contributed by atoms with Crippen LogP contribution in [0.1, 0.15) is 44.1 Å². The lowest BCUT2D eigenvalue weighted by molar-refractivity contribution is -0.135. The lowest BCUT2D eigenvalue weighted by atomic mass is 10.0. The lowest BCUT2D eigenvalue weighted by Crippen LogP contribution is -2.51. The van der Waals surface area contributed by atoms with E-state index in [2.05, 4.69) is 46.1 Å². The van der Waals surface area contributed by atoms with Crippen molar-refractivity contribution in [1.29, 1.82) is 0 Å². The van der Waals surface area contributed by atoms with Crippen LogP contribution in [0, 0.1) is 12.8 Å². The first kappa shape index (κ1) is 20.9. The van der Waals surface area contributed by atoms with Gasteiger partial charge >= 0.3 is 6.09 Å². The number of nitrogens with one attached hydrogen (secondary N) is 1. The maximum absolute atomic E-state index is 13.3. The second-order valence-electron chi connectivity index (χ2n) is 7.97. The van der Waals surface area contributed by atoms with Gasteiger partial charge in [0.05, 0.1) is 25.0 Å². The maximum Gasteiger partial charge on any atom is 0.407 e. The number of aryl methyl sites for hydroxylation is 1. The van der Waals surface area contributed by atoms with Gasteiger partial charge in [0, 0.05) is 13.6 Å². The molecule has 0 radical (unpaired) electrons. The molecular formula is C22H30N4O3. The van der Waals surface area contributed by atoms with Gasteiger partial charge in [-0.3, -0.25) is 4.79 Å². The van der Waals surface area contributed by atoms with E-state index < -0.39 is 12.1 Å². The summed E-state index contributed by atoms with van der Waals surface area (Å²) < 4.78 is 6.77. The van der Waals surface area contributed by atoms with Crippen LogP contribution in [-0.2, 0) is 16.6 Å². The van der Waals surface area contributed by atoms with Gasteiger partial charge < -0.3 is 19.5 Å². The Morgan fingerprint density at radius 3 is 2.55 bits per heavy atom. The Morgan fingerprint density at radius 1 is 1.24 bits per heavy atom. The average Bonchev–Trinajstić information content (AvgIpc) is 3.32. The summed E-state index contributed by atoms with van der Waals surface area (Å²) in [7, 11) is 3.29. The standard InChI is InChI=1S/C22H30N4O3/c1-14(2)19(24-22(28)29-5)21(27)26-12-6-7-17(26)20-23-13-18(25(20)4)16-10-8-15(3)9-11-16/h8-11,13-14,17,19H,6-7,12H2,1-5H3,(H,24,28). The zero-order valence-corrected chi connectivity index (χ0v) is 17.8. The third-order valence-electron chi connectivity index (χ3n) is 5.60. The Balaban J connectivity index is 1.86. The summed E-state index contributed by atoms with van der Waals surface area (Å²) in [6.45, 7) is 6.55. The van der Waals surface area contributed by atoms with Crippen molar-refractivity contribution < 1.29 is 14.3 Å². The Morgan fingerprint density at radius 2 is 1.93 bits per heavy atom. The first-order chi connectivity index (χ1) is 13.8. The number of rotatable bonds is 5. The van der Waals surface area contributed by atoms with Crippen LogP contribution in [0.5, 0.6) is 0 Å². The first-order valence-corrected chi connectivity index (χ1v) is 10.1. The highest BCUT2D eigenvalue weighted by molar-refractivity contribution is 5.86. The fourth-order valence-corrected chi connectivity index (χ4v) is 3.90. The molecule has 2 unspecified atom stereocenters. The van der Waals surface area contributed by atoms with Gasteiger partial charge in [-0.05, 0) is 31.2 Å². The lowest BCUT2D eigenvalue weighted by Gasteiger charge is -2.30. The number of carbonyl (C=O) groups excluding carboxylic acids is 2. The molecule has 2 heterocycles. The second kappa shape index (κ2) is 8.68. The van der Waals surface area contributed by atoms with Crippen LogP contribution in [0.2, 0.25) is 0 Å². The van der Waals surface area contributed by atoms with Crippen molar-refractivity contribution in [3.63, 3.8) is 0 Å². The Labute approximate surface area is 172 Å². The molecule has 1 aliphatic heterocycles. The van der Waals surface area contributed by atoms with Gasteiger partial charge in [-0.2, -0.15) is 0 Å². The number of hydrogen-bond donors (Lipinski definition) is 1. The van der Waals surface area contributed by atoms with Gasteiger partial charge in [-0.15, -0.1) is 0 Å². The number of nitrogens with zero attached hydrogens (tertiary/aromatic N) is 3. The molecule has 156 valence electrons. The molecule has 7 heteroatoms. The number of ether oxygens (including phenoxy) is 1. The number of likely N-dealkylation sites (tertiary alicyclic amines) is 1. The molecule has 2 amide bonds. The Hall–Kier alpha value is -2.83. The zero-order chi connectivity index (χ0) is 21.1. The highest BCUT2D eigenvalue weighted by atomic mass is 16.5. The van der Waals surface area contributed by atoms with E-state index in [9.17, 15) is 9.59 Å². The van der Waals surface area contributed by atoms with E-state index in [1.807, 2.05) is 32.0 Å². The highest BCUT2D eigenvalue weighted by Crippen LogP contribution is 2.34. The topological polar surface area (TPSA) is 76.5 Å². The molecule has 0 saturated carbocycles. The van der Waals surface area contributed by atoms with Crippen LogP contribution in [0.25, 0.3) is 11.3 Å². The minimum absolute atomic E-state index is 0.0488. The number of imidazole rings is 1. The number of carbonyl (C=O) groups is 2. The summed E-state index contributed by atoms with van der Waals surface area (Å²) in [5, 5.41) is 2.69. The second-order valence-corrected chi connectivity index (χ2v) is 7.97. The first-order valence-electron chi connectivity index (χ1n) is 10.1. The van der Waals surface area contributed by atoms with Crippen molar-refractivity contribution in [1.82, 2.24) is 19.8 Å². The number of alkyl carbamates (subject to hydrolysis) is 1. The number of hydrogen-bond acceptors (Lipinski definition) is 4. The van der Waals surface area contributed by atoms with Crippen LogP contribution in [0.3, 0.4) is 0 Å².